The molecule has 0 atom stereocenters. The number of hydrogen-bond acceptors (Lipinski definition) is 7. The van der Waals surface area contributed by atoms with Crippen molar-refractivity contribution >= 4 is 46.0 Å². The minimum Gasteiger partial charge on any atom is -0.385 e. The number of para-hydroxylation sites is 1. The molecule has 2 N–H and O–H groups in total. The Kier molecular flexibility index (Phi) is 7.36. The monoisotopic (exact) mass is 475 g/mol. The van der Waals surface area contributed by atoms with Crippen LogP contribution in [0.2, 0.25) is 0 Å². The fourth-order valence-corrected chi connectivity index (χ4v) is 5.63. The van der Waals surface area contributed by atoms with Crippen molar-refractivity contribution in [3.63, 3.8) is 0 Å². The molecule has 8 heteroatoms. The summed E-state index contributed by atoms with van der Waals surface area (Å²) in [6.45, 7) is 3.47. The molecule has 3 heterocycles. The van der Waals surface area contributed by atoms with E-state index in [1.165, 1.54) is 11.8 Å². The van der Waals surface area contributed by atoms with Gasteiger partial charge in [-0.15, -0.1) is 0 Å². The maximum absolute atomic E-state index is 12.9. The number of carbonyl (C=O) groups is 1. The zero-order valence-electron chi connectivity index (χ0n) is 18.5. The molecule has 33 heavy (non-hydrogen) atoms. The molecule has 2 aromatic carbocycles. The molecule has 168 valence electrons. The summed E-state index contributed by atoms with van der Waals surface area (Å²) < 4.78 is 0. The number of nitrogens with one attached hydrogen (secondary N) is 2. The molecule has 6 nitrogen and oxygen atoms in total. The van der Waals surface area contributed by atoms with Gasteiger partial charge in [-0.3, -0.25) is 20.1 Å². The molecule has 1 saturated heterocycles. The topological polar surface area (TPSA) is 72.3 Å². The van der Waals surface area contributed by atoms with E-state index in [0.29, 0.717) is 11.4 Å². The SMILES string of the molecule is CCNc1ccncc1.CN1/C(=C2/SC(=N)N(Cc3ccccc3)C2=O)Sc2ccccc21. The molecule has 2 aliphatic heterocycles. The lowest BCUT2D eigenvalue weighted by molar-refractivity contribution is -0.122. The van der Waals surface area contributed by atoms with Crippen molar-refractivity contribution < 1.29 is 4.79 Å². The van der Waals surface area contributed by atoms with Gasteiger partial charge in [0.1, 0.15) is 4.91 Å². The van der Waals surface area contributed by atoms with E-state index in [1.54, 1.807) is 29.1 Å². The maximum atomic E-state index is 12.9. The average Bonchev–Trinajstić information content (AvgIpc) is 3.32. The lowest BCUT2D eigenvalue weighted by atomic mass is 10.2. The summed E-state index contributed by atoms with van der Waals surface area (Å²) in [5, 5.41) is 12.6. The minimum atomic E-state index is -0.0870. The number of amides is 1. The predicted molar refractivity (Wildman–Crippen MR) is 138 cm³/mol. The summed E-state index contributed by atoms with van der Waals surface area (Å²) in [6, 6.07) is 21.8. The Morgan fingerprint density at radius 3 is 2.36 bits per heavy atom. The van der Waals surface area contributed by atoms with E-state index in [9.17, 15) is 4.79 Å². The van der Waals surface area contributed by atoms with Gasteiger partial charge in [0, 0.05) is 36.6 Å². The Morgan fingerprint density at radius 1 is 0.970 bits per heavy atom. The number of thioether (sulfide) groups is 2. The van der Waals surface area contributed by atoms with Crippen molar-refractivity contribution in [2.45, 2.75) is 18.4 Å². The van der Waals surface area contributed by atoms with E-state index >= 15 is 0 Å². The van der Waals surface area contributed by atoms with Gasteiger partial charge in [-0.05, 0) is 48.5 Å². The molecule has 0 bridgehead atoms. The molecule has 0 saturated carbocycles. The van der Waals surface area contributed by atoms with Crippen LogP contribution in [0, 0.1) is 5.41 Å². The first-order chi connectivity index (χ1) is 16.1. The van der Waals surface area contributed by atoms with E-state index in [1.807, 2.05) is 72.6 Å². The van der Waals surface area contributed by atoms with Gasteiger partial charge in [0.2, 0.25) is 0 Å². The first kappa shape index (κ1) is 22.9. The number of rotatable bonds is 4. The fourth-order valence-electron chi connectivity index (χ4n) is 3.43. The van der Waals surface area contributed by atoms with Crippen LogP contribution in [0.4, 0.5) is 11.4 Å². The number of hydrogen-bond donors (Lipinski definition) is 2. The zero-order valence-corrected chi connectivity index (χ0v) is 20.1. The van der Waals surface area contributed by atoms with Crippen LogP contribution < -0.4 is 10.2 Å². The van der Waals surface area contributed by atoms with Gasteiger partial charge in [0.05, 0.1) is 17.3 Å². The molecular weight excluding hydrogens is 450 g/mol. The largest absolute Gasteiger partial charge is 0.385 e. The second kappa shape index (κ2) is 10.6. The van der Waals surface area contributed by atoms with E-state index in [-0.39, 0.29) is 11.1 Å². The molecule has 5 rings (SSSR count). The molecular formula is C25H25N5OS2. The summed E-state index contributed by atoms with van der Waals surface area (Å²) in [5.41, 5.74) is 3.26. The third kappa shape index (κ3) is 5.23. The highest BCUT2D eigenvalue weighted by Gasteiger charge is 2.38. The van der Waals surface area contributed by atoms with Gasteiger partial charge in [-0.25, -0.2) is 0 Å². The predicted octanol–water partition coefficient (Wildman–Crippen LogP) is 5.62. The smallest absolute Gasteiger partial charge is 0.269 e. The van der Waals surface area contributed by atoms with Crippen LogP contribution in [0.5, 0.6) is 0 Å². The quantitative estimate of drug-likeness (QED) is 0.477. The highest BCUT2D eigenvalue weighted by Crippen LogP contribution is 2.49. The van der Waals surface area contributed by atoms with Gasteiger partial charge in [-0.2, -0.15) is 0 Å². The number of benzene rings is 2. The van der Waals surface area contributed by atoms with Crippen molar-refractivity contribution in [2.75, 3.05) is 23.8 Å². The Bertz CT molecular complexity index is 1170. The number of fused-ring (bicyclic) bond motifs is 1. The van der Waals surface area contributed by atoms with Crippen LogP contribution in [-0.4, -0.2) is 34.6 Å². The van der Waals surface area contributed by atoms with Crippen molar-refractivity contribution in [3.8, 4) is 0 Å². The first-order valence-corrected chi connectivity index (χ1v) is 12.2. The highest BCUT2D eigenvalue weighted by molar-refractivity contribution is 8.19. The molecule has 1 amide bonds. The highest BCUT2D eigenvalue weighted by atomic mass is 32.2. The number of pyridine rings is 1. The van der Waals surface area contributed by atoms with E-state index in [4.69, 9.17) is 5.41 Å². The number of aromatic nitrogens is 1. The summed E-state index contributed by atoms with van der Waals surface area (Å²) in [7, 11) is 1.97. The van der Waals surface area contributed by atoms with E-state index in [2.05, 4.69) is 23.3 Å². The first-order valence-electron chi connectivity index (χ1n) is 10.6. The number of anilines is 2. The fraction of sp³-hybridized carbons (Fsp3) is 0.160. The van der Waals surface area contributed by atoms with Crippen molar-refractivity contribution in [3.05, 3.63) is 94.6 Å². The minimum absolute atomic E-state index is 0.0870. The summed E-state index contributed by atoms with van der Waals surface area (Å²) in [6.07, 6.45) is 3.55. The molecule has 3 aromatic rings. The molecule has 1 fully saturated rings. The van der Waals surface area contributed by atoms with Crippen molar-refractivity contribution in [1.29, 1.82) is 5.41 Å². The Balaban J connectivity index is 0.000000243. The maximum Gasteiger partial charge on any atom is 0.269 e. The number of amidine groups is 1. The van der Waals surface area contributed by atoms with Crippen LogP contribution in [0.15, 0.2) is 94.0 Å². The zero-order chi connectivity index (χ0) is 23.2. The molecule has 1 aromatic heterocycles. The van der Waals surface area contributed by atoms with Crippen LogP contribution in [0.1, 0.15) is 12.5 Å². The third-order valence-corrected chi connectivity index (χ3v) is 7.41. The molecule has 0 radical (unpaired) electrons. The number of carbonyl (C=O) groups excluding carboxylic acids is 1. The summed E-state index contributed by atoms with van der Waals surface area (Å²) in [4.78, 5) is 22.1. The van der Waals surface area contributed by atoms with Crippen LogP contribution in [0.3, 0.4) is 0 Å². The van der Waals surface area contributed by atoms with Crippen LogP contribution >= 0.6 is 23.5 Å². The molecule has 0 aliphatic carbocycles. The molecule has 0 unspecified atom stereocenters. The van der Waals surface area contributed by atoms with E-state index < -0.39 is 0 Å². The Hall–Kier alpha value is -3.23. The van der Waals surface area contributed by atoms with Gasteiger partial charge in [0.15, 0.2) is 5.17 Å². The van der Waals surface area contributed by atoms with Gasteiger partial charge in [0.25, 0.3) is 5.91 Å². The second-order valence-corrected chi connectivity index (χ2v) is 9.34. The summed E-state index contributed by atoms with van der Waals surface area (Å²) >= 11 is 2.85. The van der Waals surface area contributed by atoms with Crippen LogP contribution in [0.25, 0.3) is 0 Å². The standard InChI is InChI=1S/C18H15N3OS2.C7H10N2/c1-20-13-9-5-6-10-14(13)23-17(20)15-16(22)21(18(19)24-15)11-12-7-3-2-4-8-12;1-2-9-7-3-5-8-6-4-7/h2-10,19H,11H2,1H3;3-6H,2H2,1H3,(H,8,9)/b17-15-,19-18?;. The third-order valence-electron chi connectivity index (χ3n) is 5.06. The average molecular weight is 476 g/mol. The van der Waals surface area contributed by atoms with Gasteiger partial charge >= 0.3 is 0 Å². The lowest BCUT2D eigenvalue weighted by Crippen LogP contribution is -2.28. The van der Waals surface area contributed by atoms with Gasteiger partial charge in [-0.1, -0.05) is 54.2 Å². The van der Waals surface area contributed by atoms with Crippen molar-refractivity contribution in [2.24, 2.45) is 0 Å². The lowest BCUT2D eigenvalue weighted by Gasteiger charge is -2.16. The van der Waals surface area contributed by atoms with Crippen molar-refractivity contribution in [1.82, 2.24) is 9.88 Å². The molecule has 2 aliphatic rings. The van der Waals surface area contributed by atoms with E-state index in [0.717, 1.165) is 33.4 Å². The van der Waals surface area contributed by atoms with Gasteiger partial charge < -0.3 is 10.2 Å². The Labute approximate surface area is 202 Å². The number of nitrogens with zero attached hydrogens (tertiary/aromatic N) is 3. The van der Waals surface area contributed by atoms with Crippen LogP contribution in [-0.2, 0) is 11.3 Å². The summed E-state index contributed by atoms with van der Waals surface area (Å²) in [5.74, 6) is -0.0870. The molecule has 0 spiro atoms. The normalized spacial score (nSPS) is 17.0. The second-order valence-electron chi connectivity index (χ2n) is 7.31. The Morgan fingerprint density at radius 2 is 1.67 bits per heavy atom.